The van der Waals surface area contributed by atoms with Crippen LogP contribution in [0.4, 0.5) is 14.6 Å². The SMILES string of the molecule is NC[C@@H]1CN(c2nc3[nH]cc(C(=O)O)c(=O)c3cc2F)C[C@@H]1F. The van der Waals surface area contributed by atoms with Crippen molar-refractivity contribution in [3.05, 3.63) is 33.9 Å². The number of aromatic nitrogens is 2. The maximum absolute atomic E-state index is 14.3. The van der Waals surface area contributed by atoms with Crippen LogP contribution < -0.4 is 16.1 Å². The van der Waals surface area contributed by atoms with Crippen molar-refractivity contribution in [3.8, 4) is 0 Å². The molecule has 7 nitrogen and oxygen atoms in total. The van der Waals surface area contributed by atoms with Gasteiger partial charge in [-0.05, 0) is 12.6 Å². The average Bonchev–Trinajstić information content (AvgIpc) is 2.88. The summed E-state index contributed by atoms with van der Waals surface area (Å²) in [5, 5.41) is 8.74. The molecule has 1 aliphatic rings. The molecule has 2 aromatic rings. The van der Waals surface area contributed by atoms with E-state index >= 15 is 0 Å². The van der Waals surface area contributed by atoms with Crippen molar-refractivity contribution in [2.45, 2.75) is 6.17 Å². The lowest BCUT2D eigenvalue weighted by Crippen LogP contribution is -2.25. The van der Waals surface area contributed by atoms with Gasteiger partial charge in [0.2, 0.25) is 5.43 Å². The first-order valence-electron chi connectivity index (χ1n) is 6.96. The van der Waals surface area contributed by atoms with E-state index in [-0.39, 0.29) is 36.5 Å². The van der Waals surface area contributed by atoms with Crippen molar-refractivity contribution in [2.24, 2.45) is 11.7 Å². The first-order valence-corrected chi connectivity index (χ1v) is 6.96. The highest BCUT2D eigenvalue weighted by Gasteiger charge is 2.34. The number of rotatable bonds is 3. The molecule has 1 fully saturated rings. The molecule has 1 saturated heterocycles. The number of alkyl halides is 1. The predicted octanol–water partition coefficient (Wildman–Crippen LogP) is 0.493. The molecule has 122 valence electrons. The second-order valence-corrected chi connectivity index (χ2v) is 5.44. The number of carbonyl (C=O) groups is 1. The number of hydrogen-bond donors (Lipinski definition) is 3. The quantitative estimate of drug-likeness (QED) is 0.757. The summed E-state index contributed by atoms with van der Waals surface area (Å²) >= 11 is 0. The zero-order valence-electron chi connectivity index (χ0n) is 11.9. The number of anilines is 1. The number of nitrogens with two attached hydrogens (primary N) is 1. The van der Waals surface area contributed by atoms with Gasteiger partial charge in [0.25, 0.3) is 0 Å². The van der Waals surface area contributed by atoms with Crippen molar-refractivity contribution in [1.82, 2.24) is 9.97 Å². The van der Waals surface area contributed by atoms with Crippen LogP contribution in [0, 0.1) is 11.7 Å². The number of halogens is 2. The molecule has 4 N–H and O–H groups in total. The minimum atomic E-state index is -1.41. The number of nitrogens with zero attached hydrogens (tertiary/aromatic N) is 2. The largest absolute Gasteiger partial charge is 0.477 e. The minimum Gasteiger partial charge on any atom is -0.477 e. The summed E-state index contributed by atoms with van der Waals surface area (Å²) in [5.74, 6) is -2.71. The molecule has 3 heterocycles. The van der Waals surface area contributed by atoms with Crippen LogP contribution in [0.25, 0.3) is 11.0 Å². The van der Waals surface area contributed by atoms with Crippen molar-refractivity contribution < 1.29 is 18.7 Å². The van der Waals surface area contributed by atoms with Crippen LogP contribution in [0.5, 0.6) is 0 Å². The molecule has 9 heteroatoms. The van der Waals surface area contributed by atoms with Crippen LogP contribution in [-0.4, -0.2) is 46.8 Å². The van der Waals surface area contributed by atoms with Gasteiger partial charge in [-0.2, -0.15) is 0 Å². The maximum atomic E-state index is 14.3. The molecule has 0 spiro atoms. The fourth-order valence-electron chi connectivity index (χ4n) is 2.72. The van der Waals surface area contributed by atoms with Gasteiger partial charge in [-0.15, -0.1) is 0 Å². The van der Waals surface area contributed by atoms with E-state index in [9.17, 15) is 18.4 Å². The number of carboxylic acid groups (broad SMARTS) is 1. The summed E-state index contributed by atoms with van der Waals surface area (Å²) in [7, 11) is 0. The third-order valence-corrected chi connectivity index (χ3v) is 3.99. The molecule has 0 amide bonds. The Hall–Kier alpha value is -2.55. The second-order valence-electron chi connectivity index (χ2n) is 5.44. The number of aromatic amines is 1. The van der Waals surface area contributed by atoms with Gasteiger partial charge in [-0.3, -0.25) is 4.79 Å². The molecule has 2 aromatic heterocycles. The summed E-state index contributed by atoms with van der Waals surface area (Å²) in [5.41, 5.74) is 4.19. The van der Waals surface area contributed by atoms with Crippen LogP contribution in [-0.2, 0) is 0 Å². The monoisotopic (exact) mass is 324 g/mol. The van der Waals surface area contributed by atoms with E-state index in [2.05, 4.69) is 9.97 Å². The molecule has 3 rings (SSSR count). The number of fused-ring (bicyclic) bond motifs is 1. The Balaban J connectivity index is 2.08. The fourth-order valence-corrected chi connectivity index (χ4v) is 2.72. The summed E-state index contributed by atoms with van der Waals surface area (Å²) in [4.78, 5) is 31.0. The van der Waals surface area contributed by atoms with Crippen LogP contribution in [0.2, 0.25) is 0 Å². The van der Waals surface area contributed by atoms with Gasteiger partial charge in [0, 0.05) is 18.7 Å². The Labute approximate surface area is 128 Å². The van der Waals surface area contributed by atoms with E-state index in [0.29, 0.717) is 0 Å². The molecule has 0 bridgehead atoms. The van der Waals surface area contributed by atoms with E-state index in [1.54, 1.807) is 0 Å². The van der Waals surface area contributed by atoms with Gasteiger partial charge >= 0.3 is 5.97 Å². The lowest BCUT2D eigenvalue weighted by atomic mass is 10.1. The minimum absolute atomic E-state index is 0.0330. The average molecular weight is 324 g/mol. The first kappa shape index (κ1) is 15.3. The number of pyridine rings is 2. The molecule has 2 atom stereocenters. The topological polar surface area (TPSA) is 112 Å². The highest BCUT2D eigenvalue weighted by Crippen LogP contribution is 2.27. The molecule has 0 aliphatic carbocycles. The van der Waals surface area contributed by atoms with Gasteiger partial charge in [0.15, 0.2) is 11.6 Å². The third kappa shape index (κ3) is 2.52. The number of H-pyrrole nitrogens is 1. The van der Waals surface area contributed by atoms with E-state index in [1.807, 2.05) is 0 Å². The van der Waals surface area contributed by atoms with E-state index in [0.717, 1.165) is 12.3 Å². The van der Waals surface area contributed by atoms with Crippen molar-refractivity contribution in [3.63, 3.8) is 0 Å². The van der Waals surface area contributed by atoms with Gasteiger partial charge in [0.05, 0.1) is 11.9 Å². The number of nitrogens with one attached hydrogen (secondary N) is 1. The molecule has 1 aliphatic heterocycles. The standard InChI is InChI=1S/C14H14F2N4O3/c15-9-1-7-11(21)8(14(22)23)3-18-12(7)19-13(9)20-4-6(2-17)10(16)5-20/h1,3,6,10H,2,4-5,17H2,(H,22,23)(H,18,19,21)/t6-,10+/m1/s1. The normalized spacial score (nSPS) is 21.1. The number of aromatic carboxylic acids is 1. The zero-order chi connectivity index (χ0) is 16.7. The highest BCUT2D eigenvalue weighted by atomic mass is 19.1. The second kappa shape index (κ2) is 5.58. The van der Waals surface area contributed by atoms with Gasteiger partial charge in [-0.25, -0.2) is 18.6 Å². The Morgan fingerprint density at radius 3 is 2.87 bits per heavy atom. The molecule has 0 unspecified atom stereocenters. The Morgan fingerprint density at radius 2 is 2.26 bits per heavy atom. The smallest absolute Gasteiger partial charge is 0.341 e. The van der Waals surface area contributed by atoms with E-state index in [1.165, 1.54) is 4.90 Å². The fraction of sp³-hybridized carbons (Fsp3) is 0.357. The van der Waals surface area contributed by atoms with Crippen LogP contribution >= 0.6 is 0 Å². The lowest BCUT2D eigenvalue weighted by molar-refractivity contribution is 0.0695. The van der Waals surface area contributed by atoms with Crippen LogP contribution in [0.1, 0.15) is 10.4 Å². The Bertz CT molecular complexity index is 839. The lowest BCUT2D eigenvalue weighted by Gasteiger charge is -2.17. The number of carboxylic acids is 1. The Kier molecular flexibility index (Phi) is 3.72. The van der Waals surface area contributed by atoms with E-state index in [4.69, 9.17) is 10.8 Å². The van der Waals surface area contributed by atoms with Crippen molar-refractivity contribution in [1.29, 1.82) is 0 Å². The summed E-state index contributed by atoms with van der Waals surface area (Å²) < 4.78 is 28.1. The molecule has 23 heavy (non-hydrogen) atoms. The van der Waals surface area contributed by atoms with Gasteiger partial charge in [0.1, 0.15) is 17.4 Å². The van der Waals surface area contributed by atoms with Gasteiger partial charge in [-0.1, -0.05) is 0 Å². The predicted molar refractivity (Wildman–Crippen MR) is 78.9 cm³/mol. The summed E-state index contributed by atoms with van der Waals surface area (Å²) in [6.07, 6.45) is -0.169. The van der Waals surface area contributed by atoms with E-state index < -0.39 is 34.9 Å². The highest BCUT2D eigenvalue weighted by molar-refractivity contribution is 5.91. The maximum Gasteiger partial charge on any atom is 0.341 e. The Morgan fingerprint density at radius 1 is 1.52 bits per heavy atom. The zero-order valence-corrected chi connectivity index (χ0v) is 11.9. The molecule has 0 aromatic carbocycles. The van der Waals surface area contributed by atoms with Gasteiger partial charge < -0.3 is 20.7 Å². The summed E-state index contributed by atoms with van der Waals surface area (Å²) in [6, 6.07) is 0.923. The molecular formula is C14H14F2N4O3. The molecular weight excluding hydrogens is 310 g/mol. The van der Waals surface area contributed by atoms with Crippen molar-refractivity contribution >= 4 is 22.8 Å². The van der Waals surface area contributed by atoms with Crippen molar-refractivity contribution in [2.75, 3.05) is 24.5 Å². The number of hydrogen-bond acceptors (Lipinski definition) is 5. The van der Waals surface area contributed by atoms with Crippen LogP contribution in [0.15, 0.2) is 17.1 Å². The summed E-state index contributed by atoms with van der Waals surface area (Å²) in [6.45, 7) is 0.338. The molecule has 0 radical (unpaired) electrons. The first-order chi connectivity index (χ1) is 10.9. The third-order valence-electron chi connectivity index (χ3n) is 3.99. The van der Waals surface area contributed by atoms with Crippen LogP contribution in [0.3, 0.4) is 0 Å². The molecule has 0 saturated carbocycles.